The van der Waals surface area contributed by atoms with E-state index in [1.807, 2.05) is 0 Å². The van der Waals surface area contributed by atoms with Gasteiger partial charge in [0.2, 0.25) is 0 Å². The van der Waals surface area contributed by atoms with Crippen LogP contribution < -0.4 is 24.0 Å². The molecule has 0 spiro atoms. The largest absolute Gasteiger partial charge is 1.00 e. The summed E-state index contributed by atoms with van der Waals surface area (Å²) in [5.74, 6) is -1.73. The average molecular weight is 272 g/mol. The molecule has 0 unspecified atom stereocenters. The zero-order valence-electron chi connectivity index (χ0n) is 10.2. The number of aromatic carboxylic acids is 1. The summed E-state index contributed by atoms with van der Waals surface area (Å²) in [6, 6.07) is 7.21. The average Bonchev–Trinajstić information content (AvgIpc) is 2.28. The van der Waals surface area contributed by atoms with Gasteiger partial charge in [-0.3, -0.25) is 4.98 Å². The zero-order valence-corrected chi connectivity index (χ0v) is 10.9. The quantitative estimate of drug-likeness (QED) is 0.661. The Morgan fingerprint density at radius 1 is 1.26 bits per heavy atom. The minimum absolute atomic E-state index is 0. The van der Waals surface area contributed by atoms with Crippen LogP contribution in [0.1, 0.15) is 21.6 Å². The molecule has 0 saturated heterocycles. The summed E-state index contributed by atoms with van der Waals surface area (Å²) in [4.78, 5) is 14.2. The van der Waals surface area contributed by atoms with Gasteiger partial charge in [0, 0.05) is 11.2 Å². The van der Waals surface area contributed by atoms with E-state index in [-0.39, 0.29) is 24.6 Å². The molecule has 92 valence electrons. The maximum atomic E-state index is 13.1. The molecule has 0 atom stereocenters. The Hall–Kier alpha value is -1.34. The van der Waals surface area contributed by atoms with Gasteiger partial charge in [0.1, 0.15) is 5.82 Å². The van der Waals surface area contributed by atoms with Gasteiger partial charge in [0.25, 0.3) is 0 Å². The van der Waals surface area contributed by atoms with Crippen LogP contribution in [0.2, 0.25) is 5.02 Å². The molecule has 3 nitrogen and oxygen atoms in total. The Balaban J connectivity index is 0.00000180. The summed E-state index contributed by atoms with van der Waals surface area (Å²) < 4.78 is 13.1. The number of rotatable bonds is 3. The predicted molar refractivity (Wildman–Crippen MR) is 62.8 cm³/mol. The molecule has 0 radical (unpaired) electrons. The summed E-state index contributed by atoms with van der Waals surface area (Å²) in [5, 5.41) is 10.8. The van der Waals surface area contributed by atoms with Crippen LogP contribution in [-0.2, 0) is 6.42 Å². The van der Waals surface area contributed by atoms with Gasteiger partial charge in [0.15, 0.2) is 0 Å². The number of hydrogen-bond donors (Lipinski definition) is 0. The molecule has 2 aromatic rings. The third kappa shape index (κ3) is 4.36. The van der Waals surface area contributed by atoms with Crippen molar-refractivity contribution in [2.45, 2.75) is 6.42 Å². The SMILES string of the molecule is O=C([O-])c1ccc(Cc2cc(F)cc(Cl)c2)cn1.[Li+]. The Morgan fingerprint density at radius 3 is 2.53 bits per heavy atom. The first-order chi connectivity index (χ1) is 8.54. The number of carbonyl (C=O) groups is 1. The smallest absolute Gasteiger partial charge is 0.543 e. The van der Waals surface area contributed by atoms with Crippen LogP contribution in [0.3, 0.4) is 0 Å². The fourth-order valence-electron chi connectivity index (χ4n) is 1.60. The minimum atomic E-state index is -1.32. The molecule has 0 saturated carbocycles. The summed E-state index contributed by atoms with van der Waals surface area (Å²) in [5.41, 5.74) is 1.33. The number of hydrogen-bond acceptors (Lipinski definition) is 3. The molecule has 1 aromatic heterocycles. The number of nitrogens with zero attached hydrogens (tertiary/aromatic N) is 1. The Kier molecular flexibility index (Phi) is 5.56. The van der Waals surface area contributed by atoms with Crippen LogP contribution in [0.5, 0.6) is 0 Å². The topological polar surface area (TPSA) is 53.0 Å². The van der Waals surface area contributed by atoms with Gasteiger partial charge < -0.3 is 9.90 Å². The molecule has 19 heavy (non-hydrogen) atoms. The van der Waals surface area contributed by atoms with Gasteiger partial charge in [-0.25, -0.2) is 4.39 Å². The van der Waals surface area contributed by atoms with Crippen molar-refractivity contribution >= 4 is 17.6 Å². The van der Waals surface area contributed by atoms with Gasteiger partial charge in [-0.05, 0) is 41.8 Å². The number of benzene rings is 1. The monoisotopic (exact) mass is 271 g/mol. The van der Waals surface area contributed by atoms with E-state index < -0.39 is 11.8 Å². The molecule has 0 aliphatic carbocycles. The maximum Gasteiger partial charge on any atom is 1.00 e. The van der Waals surface area contributed by atoms with E-state index in [0.29, 0.717) is 17.0 Å². The molecule has 2 rings (SSSR count). The number of carbonyl (C=O) groups excluding carboxylic acids is 1. The van der Waals surface area contributed by atoms with E-state index in [9.17, 15) is 14.3 Å². The number of pyridine rings is 1. The van der Waals surface area contributed by atoms with Crippen molar-refractivity contribution in [3.8, 4) is 0 Å². The van der Waals surface area contributed by atoms with Crippen LogP contribution in [0.25, 0.3) is 0 Å². The fourth-order valence-corrected chi connectivity index (χ4v) is 1.84. The number of aromatic nitrogens is 1. The van der Waals surface area contributed by atoms with E-state index >= 15 is 0 Å². The van der Waals surface area contributed by atoms with E-state index in [1.54, 1.807) is 12.1 Å². The van der Waals surface area contributed by atoms with Crippen molar-refractivity contribution in [2.24, 2.45) is 0 Å². The maximum absolute atomic E-state index is 13.1. The predicted octanol–water partition coefficient (Wildman–Crippen LogP) is -1.17. The molecule has 0 bridgehead atoms. The van der Waals surface area contributed by atoms with Crippen LogP contribution >= 0.6 is 11.6 Å². The summed E-state index contributed by atoms with van der Waals surface area (Å²) in [6.07, 6.45) is 1.85. The van der Waals surface area contributed by atoms with Crippen LogP contribution in [-0.4, -0.2) is 11.0 Å². The van der Waals surface area contributed by atoms with Gasteiger partial charge in [-0.1, -0.05) is 17.7 Å². The van der Waals surface area contributed by atoms with E-state index in [4.69, 9.17) is 11.6 Å². The first-order valence-electron chi connectivity index (χ1n) is 5.16. The van der Waals surface area contributed by atoms with E-state index in [0.717, 1.165) is 5.56 Å². The molecule has 0 amide bonds. The molecule has 0 aliphatic heterocycles. The van der Waals surface area contributed by atoms with Crippen LogP contribution in [0, 0.1) is 5.82 Å². The van der Waals surface area contributed by atoms with Gasteiger partial charge >= 0.3 is 18.9 Å². The summed E-state index contributed by atoms with van der Waals surface area (Å²) in [6.45, 7) is 0. The fraction of sp³-hybridized carbons (Fsp3) is 0.0769. The minimum Gasteiger partial charge on any atom is -0.543 e. The van der Waals surface area contributed by atoms with Crippen LogP contribution in [0.4, 0.5) is 4.39 Å². The molecule has 0 fully saturated rings. The van der Waals surface area contributed by atoms with Gasteiger partial charge in [-0.15, -0.1) is 0 Å². The van der Waals surface area contributed by atoms with E-state index in [2.05, 4.69) is 4.98 Å². The third-order valence-corrected chi connectivity index (χ3v) is 2.58. The van der Waals surface area contributed by atoms with E-state index in [1.165, 1.54) is 24.4 Å². The number of carboxylic acid groups (broad SMARTS) is 1. The second-order valence-corrected chi connectivity index (χ2v) is 4.23. The molecule has 6 heteroatoms. The molecule has 1 aromatic carbocycles. The molecule has 0 aliphatic rings. The van der Waals surface area contributed by atoms with Crippen molar-refractivity contribution in [3.05, 3.63) is 64.2 Å². The molecule has 0 N–H and O–H groups in total. The standard InChI is InChI=1S/C13H9ClFNO2.Li/c14-10-4-9(5-11(15)6-10)3-8-1-2-12(13(17)18)16-7-8;/h1-2,4-7H,3H2,(H,17,18);/q;+1/p-1. The van der Waals surface area contributed by atoms with Crippen LogP contribution in [0.15, 0.2) is 36.5 Å². The summed E-state index contributed by atoms with van der Waals surface area (Å²) in [7, 11) is 0. The second-order valence-electron chi connectivity index (χ2n) is 3.79. The van der Waals surface area contributed by atoms with Crippen molar-refractivity contribution in [1.82, 2.24) is 4.98 Å². The van der Waals surface area contributed by atoms with Gasteiger partial charge in [0.05, 0.1) is 11.7 Å². The number of halogens is 2. The number of carboxylic acids is 1. The first kappa shape index (κ1) is 15.7. The Bertz CT molecular complexity index is 569. The summed E-state index contributed by atoms with van der Waals surface area (Å²) >= 11 is 5.74. The Morgan fingerprint density at radius 2 is 2.00 bits per heavy atom. The molecular weight excluding hydrogens is 264 g/mol. The zero-order chi connectivity index (χ0) is 13.1. The Labute approximate surface area is 126 Å². The van der Waals surface area contributed by atoms with Crippen molar-refractivity contribution in [3.63, 3.8) is 0 Å². The van der Waals surface area contributed by atoms with Crippen molar-refractivity contribution in [1.29, 1.82) is 0 Å². The second kappa shape index (κ2) is 6.72. The molecule has 1 heterocycles. The first-order valence-corrected chi connectivity index (χ1v) is 5.53. The molecular formula is C13H8ClFLiNO2. The normalized spacial score (nSPS) is 9.79. The van der Waals surface area contributed by atoms with Crippen molar-refractivity contribution < 1.29 is 33.2 Å². The van der Waals surface area contributed by atoms with Crippen molar-refractivity contribution in [2.75, 3.05) is 0 Å². The van der Waals surface area contributed by atoms with Gasteiger partial charge in [-0.2, -0.15) is 0 Å². The third-order valence-electron chi connectivity index (χ3n) is 2.36.